The highest BCUT2D eigenvalue weighted by Crippen LogP contribution is 2.29. The van der Waals surface area contributed by atoms with Crippen molar-refractivity contribution in [2.75, 3.05) is 26.2 Å². The number of fused-ring (bicyclic) bond motifs is 1. The van der Waals surface area contributed by atoms with Crippen LogP contribution < -0.4 is 5.32 Å². The van der Waals surface area contributed by atoms with Gasteiger partial charge in [-0.2, -0.15) is 0 Å². The molecule has 2 saturated heterocycles. The average molecular weight is 279 g/mol. The van der Waals surface area contributed by atoms with Crippen LogP contribution in [0.15, 0.2) is 18.2 Å². The number of nitrogens with one attached hydrogen (secondary N) is 1. The van der Waals surface area contributed by atoms with Gasteiger partial charge in [-0.05, 0) is 24.0 Å². The molecule has 0 radical (unpaired) electrons. The van der Waals surface area contributed by atoms with Crippen LogP contribution in [-0.4, -0.2) is 41.9 Å². The van der Waals surface area contributed by atoms with Crippen LogP contribution in [0.2, 0.25) is 0 Å². The van der Waals surface area contributed by atoms with E-state index >= 15 is 0 Å². The molecule has 20 heavy (non-hydrogen) atoms. The zero-order valence-corrected chi connectivity index (χ0v) is 10.7. The van der Waals surface area contributed by atoms with Gasteiger partial charge < -0.3 is 10.2 Å². The van der Waals surface area contributed by atoms with Crippen LogP contribution in [0.3, 0.4) is 0 Å². The Morgan fingerprint density at radius 2 is 2.00 bits per heavy atom. The van der Waals surface area contributed by atoms with Crippen molar-refractivity contribution in [3.05, 3.63) is 39.7 Å². The number of carbonyl (C=O) groups excluding carboxylic acids is 1. The minimum atomic E-state index is -0.714. The molecule has 106 valence electrons. The second kappa shape index (κ2) is 4.82. The van der Waals surface area contributed by atoms with Gasteiger partial charge in [0.05, 0.1) is 11.0 Å². The van der Waals surface area contributed by atoms with Gasteiger partial charge in [-0.1, -0.05) is 0 Å². The number of rotatable bonds is 2. The Morgan fingerprint density at radius 3 is 2.60 bits per heavy atom. The van der Waals surface area contributed by atoms with Gasteiger partial charge in [0, 0.05) is 26.2 Å². The van der Waals surface area contributed by atoms with Crippen molar-refractivity contribution in [2.24, 2.45) is 11.8 Å². The zero-order valence-electron chi connectivity index (χ0n) is 10.7. The summed E-state index contributed by atoms with van der Waals surface area (Å²) in [5.74, 6) is -0.265. The Balaban J connectivity index is 1.86. The van der Waals surface area contributed by atoms with Gasteiger partial charge in [0.25, 0.3) is 11.6 Å². The van der Waals surface area contributed by atoms with Crippen molar-refractivity contribution in [3.8, 4) is 0 Å². The largest absolute Gasteiger partial charge is 0.338 e. The van der Waals surface area contributed by atoms with Crippen molar-refractivity contribution >= 4 is 11.6 Å². The van der Waals surface area contributed by atoms with E-state index in [9.17, 15) is 19.3 Å². The third kappa shape index (κ3) is 2.14. The number of likely N-dealkylation sites (tertiary alicyclic amines) is 1. The molecule has 7 heteroatoms. The number of carbonyl (C=O) groups is 1. The van der Waals surface area contributed by atoms with Gasteiger partial charge in [0.1, 0.15) is 11.4 Å². The summed E-state index contributed by atoms with van der Waals surface area (Å²) in [6.45, 7) is 2.95. The first-order valence-corrected chi connectivity index (χ1v) is 6.50. The lowest BCUT2D eigenvalue weighted by atomic mass is 10.0. The van der Waals surface area contributed by atoms with E-state index < -0.39 is 16.4 Å². The first kappa shape index (κ1) is 13.0. The molecule has 2 fully saturated rings. The second-order valence-corrected chi connectivity index (χ2v) is 5.31. The van der Waals surface area contributed by atoms with Gasteiger partial charge in [-0.25, -0.2) is 4.39 Å². The van der Waals surface area contributed by atoms with Crippen molar-refractivity contribution in [2.45, 2.75) is 0 Å². The Labute approximate surface area is 114 Å². The number of nitro benzene ring substituents is 1. The van der Waals surface area contributed by atoms with Crippen molar-refractivity contribution in [1.82, 2.24) is 10.2 Å². The molecule has 2 heterocycles. The lowest BCUT2D eigenvalue weighted by molar-refractivity contribution is -0.385. The van der Waals surface area contributed by atoms with E-state index in [4.69, 9.17) is 0 Å². The topological polar surface area (TPSA) is 75.5 Å². The number of hydrogen-bond donors (Lipinski definition) is 1. The molecule has 6 nitrogen and oxygen atoms in total. The monoisotopic (exact) mass is 279 g/mol. The minimum absolute atomic E-state index is 0.0377. The van der Waals surface area contributed by atoms with Crippen LogP contribution in [-0.2, 0) is 0 Å². The molecular weight excluding hydrogens is 265 g/mol. The molecule has 1 N–H and O–H groups in total. The van der Waals surface area contributed by atoms with E-state index in [-0.39, 0.29) is 11.5 Å². The third-order valence-electron chi connectivity index (χ3n) is 4.06. The Hall–Kier alpha value is -2.02. The predicted octanol–water partition coefficient (Wildman–Crippen LogP) is 1.03. The van der Waals surface area contributed by atoms with Gasteiger partial charge in [-0.15, -0.1) is 0 Å². The van der Waals surface area contributed by atoms with Crippen molar-refractivity contribution < 1.29 is 14.1 Å². The fourth-order valence-corrected chi connectivity index (χ4v) is 3.03. The second-order valence-electron chi connectivity index (χ2n) is 5.31. The van der Waals surface area contributed by atoms with Crippen LogP contribution in [0, 0.1) is 27.8 Å². The maximum Gasteiger partial charge on any atom is 0.285 e. The Kier molecular flexibility index (Phi) is 3.13. The summed E-state index contributed by atoms with van der Waals surface area (Å²) in [6, 6.07) is 3.08. The van der Waals surface area contributed by atoms with Crippen LogP contribution >= 0.6 is 0 Å². The van der Waals surface area contributed by atoms with Crippen LogP contribution in [0.5, 0.6) is 0 Å². The SMILES string of the molecule is O=C(c1ccc(F)cc1[N+](=O)[O-])N1CC2CNCC2C1. The van der Waals surface area contributed by atoms with Gasteiger partial charge in [-0.3, -0.25) is 14.9 Å². The summed E-state index contributed by atoms with van der Waals surface area (Å²) < 4.78 is 13.1. The Bertz CT molecular complexity index is 566. The molecule has 0 aromatic heterocycles. The zero-order chi connectivity index (χ0) is 14.3. The number of nitro groups is 1. The molecule has 2 atom stereocenters. The summed E-state index contributed by atoms with van der Waals surface area (Å²) in [6.07, 6.45) is 0. The fraction of sp³-hybridized carbons (Fsp3) is 0.462. The van der Waals surface area contributed by atoms with E-state index in [2.05, 4.69) is 5.32 Å². The highest BCUT2D eigenvalue weighted by Gasteiger charge is 2.39. The first-order valence-electron chi connectivity index (χ1n) is 6.50. The number of nitrogens with zero attached hydrogens (tertiary/aromatic N) is 2. The molecule has 2 aliphatic heterocycles. The molecule has 1 aromatic rings. The molecule has 1 aromatic carbocycles. The molecular formula is C13H14FN3O3. The lowest BCUT2D eigenvalue weighted by Gasteiger charge is -2.17. The van der Waals surface area contributed by atoms with Crippen molar-refractivity contribution in [1.29, 1.82) is 0 Å². The predicted molar refractivity (Wildman–Crippen MR) is 68.8 cm³/mol. The third-order valence-corrected chi connectivity index (χ3v) is 4.06. The highest BCUT2D eigenvalue weighted by atomic mass is 19.1. The summed E-state index contributed by atoms with van der Waals surface area (Å²) in [5, 5.41) is 14.2. The minimum Gasteiger partial charge on any atom is -0.338 e. The Morgan fingerprint density at radius 1 is 1.35 bits per heavy atom. The summed E-state index contributed by atoms with van der Waals surface area (Å²) in [5.41, 5.74) is -0.505. The molecule has 1 amide bonds. The summed E-state index contributed by atoms with van der Waals surface area (Å²) in [4.78, 5) is 24.3. The van der Waals surface area contributed by atoms with E-state index in [1.54, 1.807) is 4.90 Å². The van der Waals surface area contributed by atoms with Crippen molar-refractivity contribution in [3.63, 3.8) is 0 Å². The molecule has 2 aliphatic rings. The molecule has 0 spiro atoms. The normalized spacial score (nSPS) is 24.8. The van der Waals surface area contributed by atoms with E-state index in [1.165, 1.54) is 6.07 Å². The maximum atomic E-state index is 13.1. The highest BCUT2D eigenvalue weighted by molar-refractivity contribution is 5.98. The first-order chi connectivity index (χ1) is 9.56. The molecule has 3 rings (SSSR count). The van der Waals surface area contributed by atoms with E-state index in [0.29, 0.717) is 24.9 Å². The van der Waals surface area contributed by atoms with Crippen LogP contribution in [0.1, 0.15) is 10.4 Å². The van der Waals surface area contributed by atoms with E-state index in [1.807, 2.05) is 0 Å². The molecule has 0 aliphatic carbocycles. The number of hydrogen-bond acceptors (Lipinski definition) is 4. The van der Waals surface area contributed by atoms with Gasteiger partial charge >= 0.3 is 0 Å². The summed E-state index contributed by atoms with van der Waals surface area (Å²) in [7, 11) is 0. The summed E-state index contributed by atoms with van der Waals surface area (Å²) >= 11 is 0. The molecule has 0 saturated carbocycles. The number of benzene rings is 1. The molecule has 0 bridgehead atoms. The van der Waals surface area contributed by atoms with Gasteiger partial charge in [0.2, 0.25) is 0 Å². The lowest BCUT2D eigenvalue weighted by Crippen LogP contribution is -2.32. The number of amides is 1. The van der Waals surface area contributed by atoms with Gasteiger partial charge in [0.15, 0.2) is 0 Å². The standard InChI is InChI=1S/C13H14FN3O3/c14-10-1-2-11(12(3-10)17(19)20)13(18)16-6-8-4-15-5-9(8)7-16/h1-3,8-9,15H,4-7H2. The average Bonchev–Trinajstić information content (AvgIpc) is 2.98. The smallest absolute Gasteiger partial charge is 0.285 e. The quantitative estimate of drug-likeness (QED) is 0.648. The number of halogens is 1. The maximum absolute atomic E-state index is 13.1. The van der Waals surface area contributed by atoms with Crippen LogP contribution in [0.4, 0.5) is 10.1 Å². The fourth-order valence-electron chi connectivity index (χ4n) is 3.03. The van der Waals surface area contributed by atoms with E-state index in [0.717, 1.165) is 25.2 Å². The molecule has 2 unspecified atom stereocenters. The van der Waals surface area contributed by atoms with Crippen LogP contribution in [0.25, 0.3) is 0 Å².